The molecule has 0 radical (unpaired) electrons. The van der Waals surface area contributed by atoms with Gasteiger partial charge in [0.25, 0.3) is 0 Å². The van der Waals surface area contributed by atoms with Crippen molar-refractivity contribution < 1.29 is 4.79 Å². The predicted octanol–water partition coefficient (Wildman–Crippen LogP) is 1.09. The number of hydrogen-bond donors (Lipinski definition) is 0. The molecule has 2 aromatic heterocycles. The third-order valence-corrected chi connectivity index (χ3v) is 5.22. The highest BCUT2D eigenvalue weighted by Crippen LogP contribution is 2.27. The summed E-state index contributed by atoms with van der Waals surface area (Å²) in [6.07, 6.45) is 5.40. The Kier molecular flexibility index (Phi) is 3.74. The van der Waals surface area contributed by atoms with E-state index in [0.29, 0.717) is 6.04 Å². The molecule has 2 aromatic rings. The van der Waals surface area contributed by atoms with Crippen LogP contribution in [0.3, 0.4) is 0 Å². The van der Waals surface area contributed by atoms with Gasteiger partial charge in [0.15, 0.2) is 5.65 Å². The minimum atomic E-state index is 0.202. The van der Waals surface area contributed by atoms with E-state index >= 15 is 0 Å². The largest absolute Gasteiger partial charge is 0.356 e. The fourth-order valence-corrected chi connectivity index (χ4v) is 3.82. The molecule has 0 saturated carbocycles. The summed E-state index contributed by atoms with van der Waals surface area (Å²) in [5.41, 5.74) is 0.857. The number of piperidine rings is 1. The van der Waals surface area contributed by atoms with Crippen LogP contribution in [-0.2, 0) is 7.05 Å². The monoisotopic (exact) mass is 329 g/mol. The quantitative estimate of drug-likeness (QED) is 0.843. The van der Waals surface area contributed by atoms with Gasteiger partial charge < -0.3 is 14.7 Å². The molecule has 0 aromatic carbocycles. The third kappa shape index (κ3) is 2.37. The second-order valence-electron chi connectivity index (χ2n) is 6.48. The van der Waals surface area contributed by atoms with Gasteiger partial charge in [-0.05, 0) is 19.8 Å². The molecular formula is C16H23N7O. The summed E-state index contributed by atoms with van der Waals surface area (Å²) in [5, 5.41) is 5.28. The van der Waals surface area contributed by atoms with Gasteiger partial charge >= 0.3 is 6.03 Å². The normalized spacial score (nSPS) is 19.8. The van der Waals surface area contributed by atoms with Crippen LogP contribution in [0.5, 0.6) is 0 Å². The number of carbonyl (C=O) groups excluding carboxylic acids is 1. The SMILES string of the molecule is CCN1CCN(C2CCN(c3ncnc4c3cnn4C)CC2)C1=O. The van der Waals surface area contributed by atoms with E-state index in [1.165, 1.54) is 0 Å². The maximum absolute atomic E-state index is 12.4. The van der Waals surface area contributed by atoms with Gasteiger partial charge in [-0.3, -0.25) is 4.68 Å². The first kappa shape index (κ1) is 15.2. The summed E-state index contributed by atoms with van der Waals surface area (Å²) in [6.45, 7) is 6.37. The molecule has 8 heteroatoms. The fourth-order valence-electron chi connectivity index (χ4n) is 3.82. The highest BCUT2D eigenvalue weighted by molar-refractivity contribution is 5.86. The highest BCUT2D eigenvalue weighted by atomic mass is 16.2. The van der Waals surface area contributed by atoms with Gasteiger partial charge in [0.05, 0.1) is 11.6 Å². The molecule has 24 heavy (non-hydrogen) atoms. The van der Waals surface area contributed by atoms with Crippen LogP contribution in [0.2, 0.25) is 0 Å². The molecule has 0 aliphatic carbocycles. The Hall–Kier alpha value is -2.38. The first-order chi connectivity index (χ1) is 11.7. The Balaban J connectivity index is 1.47. The van der Waals surface area contributed by atoms with Crippen molar-refractivity contribution in [2.24, 2.45) is 7.05 Å². The van der Waals surface area contributed by atoms with E-state index in [1.807, 2.05) is 25.1 Å². The zero-order chi connectivity index (χ0) is 16.7. The smallest absolute Gasteiger partial charge is 0.320 e. The van der Waals surface area contributed by atoms with Crippen LogP contribution < -0.4 is 4.90 Å². The molecule has 0 atom stereocenters. The summed E-state index contributed by atoms with van der Waals surface area (Å²) in [6, 6.07) is 0.546. The lowest BCUT2D eigenvalue weighted by molar-refractivity contribution is 0.169. The van der Waals surface area contributed by atoms with Crippen molar-refractivity contribution in [2.75, 3.05) is 37.6 Å². The number of fused-ring (bicyclic) bond motifs is 1. The van der Waals surface area contributed by atoms with Crippen molar-refractivity contribution in [2.45, 2.75) is 25.8 Å². The van der Waals surface area contributed by atoms with Gasteiger partial charge in [0, 0.05) is 45.8 Å². The second kappa shape index (κ2) is 5.92. The zero-order valence-corrected chi connectivity index (χ0v) is 14.2. The number of aryl methyl sites for hydroxylation is 1. The Bertz CT molecular complexity index is 750. The Morgan fingerprint density at radius 3 is 2.67 bits per heavy atom. The number of amides is 2. The number of aromatic nitrogens is 4. The molecule has 0 unspecified atom stereocenters. The van der Waals surface area contributed by atoms with Gasteiger partial charge in [-0.1, -0.05) is 0 Å². The Morgan fingerprint density at radius 2 is 1.96 bits per heavy atom. The number of hydrogen-bond acceptors (Lipinski definition) is 5. The van der Waals surface area contributed by atoms with Crippen LogP contribution in [0.1, 0.15) is 19.8 Å². The van der Waals surface area contributed by atoms with Crippen LogP contribution in [0.25, 0.3) is 11.0 Å². The van der Waals surface area contributed by atoms with Gasteiger partial charge in [-0.25, -0.2) is 14.8 Å². The van der Waals surface area contributed by atoms with Crippen LogP contribution in [-0.4, -0.2) is 74.3 Å². The minimum Gasteiger partial charge on any atom is -0.356 e. The Morgan fingerprint density at radius 1 is 1.17 bits per heavy atom. The molecule has 0 N–H and O–H groups in total. The van der Waals surface area contributed by atoms with Gasteiger partial charge in [0.1, 0.15) is 12.1 Å². The van der Waals surface area contributed by atoms with Crippen molar-refractivity contribution >= 4 is 22.9 Å². The van der Waals surface area contributed by atoms with Gasteiger partial charge in [-0.2, -0.15) is 5.10 Å². The maximum Gasteiger partial charge on any atom is 0.320 e. The molecule has 4 rings (SSSR count). The number of anilines is 1. The van der Waals surface area contributed by atoms with E-state index in [1.54, 1.807) is 11.0 Å². The van der Waals surface area contributed by atoms with Crippen molar-refractivity contribution in [3.05, 3.63) is 12.5 Å². The topological polar surface area (TPSA) is 70.4 Å². The minimum absolute atomic E-state index is 0.202. The number of likely N-dealkylation sites (N-methyl/N-ethyl adjacent to an activating group) is 1. The molecule has 2 aliphatic heterocycles. The molecule has 128 valence electrons. The molecule has 8 nitrogen and oxygen atoms in total. The van der Waals surface area contributed by atoms with Crippen LogP contribution >= 0.6 is 0 Å². The molecule has 2 amide bonds. The van der Waals surface area contributed by atoms with Crippen LogP contribution in [0.4, 0.5) is 10.6 Å². The lowest BCUT2D eigenvalue weighted by Crippen LogP contribution is -2.46. The molecule has 2 fully saturated rings. The van der Waals surface area contributed by atoms with E-state index in [2.05, 4.69) is 24.9 Å². The van der Waals surface area contributed by atoms with Crippen molar-refractivity contribution in [3.63, 3.8) is 0 Å². The van der Waals surface area contributed by atoms with E-state index in [4.69, 9.17) is 0 Å². The van der Waals surface area contributed by atoms with Crippen LogP contribution in [0.15, 0.2) is 12.5 Å². The second-order valence-corrected chi connectivity index (χ2v) is 6.48. The van der Waals surface area contributed by atoms with Crippen molar-refractivity contribution in [1.82, 2.24) is 29.5 Å². The van der Waals surface area contributed by atoms with E-state index in [9.17, 15) is 4.79 Å². The summed E-state index contributed by atoms with van der Waals surface area (Å²) in [7, 11) is 1.89. The van der Waals surface area contributed by atoms with E-state index < -0.39 is 0 Å². The molecular weight excluding hydrogens is 306 g/mol. The van der Waals surface area contributed by atoms with E-state index in [0.717, 1.165) is 62.4 Å². The standard InChI is InChI=1S/C16H23N7O/c1-3-21-8-9-23(16(21)24)12-4-6-22(7-5-12)15-13-10-19-20(2)14(13)17-11-18-15/h10-12H,3-9H2,1-2H3. The summed E-state index contributed by atoms with van der Waals surface area (Å²) in [5.74, 6) is 0.953. The maximum atomic E-state index is 12.4. The first-order valence-electron chi connectivity index (χ1n) is 8.62. The van der Waals surface area contributed by atoms with Gasteiger partial charge in [-0.15, -0.1) is 0 Å². The molecule has 2 saturated heterocycles. The molecule has 2 aliphatic rings. The molecule has 0 spiro atoms. The number of urea groups is 1. The first-order valence-corrected chi connectivity index (χ1v) is 8.62. The number of rotatable bonds is 3. The zero-order valence-electron chi connectivity index (χ0n) is 14.2. The Labute approximate surface area is 141 Å². The molecule has 4 heterocycles. The fraction of sp³-hybridized carbons (Fsp3) is 0.625. The lowest BCUT2D eigenvalue weighted by Gasteiger charge is -2.37. The summed E-state index contributed by atoms with van der Waals surface area (Å²) >= 11 is 0. The highest BCUT2D eigenvalue weighted by Gasteiger charge is 2.35. The molecule has 0 bridgehead atoms. The van der Waals surface area contributed by atoms with Crippen molar-refractivity contribution in [3.8, 4) is 0 Å². The average Bonchev–Trinajstić information content (AvgIpc) is 3.18. The van der Waals surface area contributed by atoms with Gasteiger partial charge in [0.2, 0.25) is 0 Å². The van der Waals surface area contributed by atoms with Crippen molar-refractivity contribution in [1.29, 1.82) is 0 Å². The summed E-state index contributed by atoms with van der Waals surface area (Å²) in [4.78, 5) is 27.4. The van der Waals surface area contributed by atoms with E-state index in [-0.39, 0.29) is 6.03 Å². The lowest BCUT2D eigenvalue weighted by atomic mass is 10.0. The average molecular weight is 329 g/mol. The van der Waals surface area contributed by atoms with Crippen LogP contribution in [0, 0.1) is 0 Å². The predicted molar refractivity (Wildman–Crippen MR) is 90.9 cm³/mol. The number of carbonyl (C=O) groups is 1. The number of nitrogens with zero attached hydrogens (tertiary/aromatic N) is 7. The summed E-state index contributed by atoms with van der Waals surface area (Å²) < 4.78 is 1.77. The third-order valence-electron chi connectivity index (χ3n) is 5.22.